The van der Waals surface area contributed by atoms with Gasteiger partial charge in [-0.3, -0.25) is 4.79 Å². The van der Waals surface area contributed by atoms with Crippen LogP contribution in [0.3, 0.4) is 0 Å². The molecule has 0 bridgehead atoms. The van der Waals surface area contributed by atoms with Gasteiger partial charge in [-0.05, 0) is 18.8 Å². The first-order chi connectivity index (χ1) is 9.47. The summed E-state index contributed by atoms with van der Waals surface area (Å²) in [5.74, 6) is 0.543. The highest BCUT2D eigenvalue weighted by molar-refractivity contribution is 5.78. The molecule has 20 heavy (non-hydrogen) atoms. The van der Waals surface area contributed by atoms with E-state index in [1.54, 1.807) is 4.90 Å². The monoisotopic (exact) mass is 283 g/mol. The summed E-state index contributed by atoms with van der Waals surface area (Å²) in [4.78, 5) is 13.9. The topological polar surface area (TPSA) is 55.8 Å². The fourth-order valence-corrected chi connectivity index (χ4v) is 2.39. The van der Waals surface area contributed by atoms with E-state index in [-0.39, 0.29) is 12.0 Å². The van der Waals surface area contributed by atoms with Crippen molar-refractivity contribution in [2.24, 2.45) is 5.92 Å². The quantitative estimate of drug-likeness (QED) is 0.693. The van der Waals surface area contributed by atoms with Crippen molar-refractivity contribution in [3.63, 3.8) is 0 Å². The number of carbonyl (C=O) groups excluding carboxylic acids is 1. The van der Waals surface area contributed by atoms with E-state index < -0.39 is 0 Å². The molecule has 0 aromatic rings. The molecule has 1 saturated heterocycles. The molecular weight excluding hydrogens is 254 g/mol. The Morgan fingerprint density at radius 3 is 2.70 bits per heavy atom. The summed E-state index contributed by atoms with van der Waals surface area (Å²) in [6.07, 6.45) is 4.54. The lowest BCUT2D eigenvalue weighted by Crippen LogP contribution is -2.42. The second-order valence-electron chi connectivity index (χ2n) is 5.74. The number of likely N-dealkylation sites (tertiary alicyclic amines) is 1. The van der Waals surface area contributed by atoms with E-state index in [1.165, 1.54) is 5.57 Å². The predicted molar refractivity (Wildman–Crippen MR) is 80.8 cm³/mol. The average molecular weight is 283 g/mol. The highest BCUT2D eigenvalue weighted by atomic mass is 16.3. The van der Waals surface area contributed by atoms with Crippen LogP contribution in [0.25, 0.3) is 0 Å². The van der Waals surface area contributed by atoms with Crippen LogP contribution in [0.4, 0.5) is 0 Å². The molecule has 116 valence electrons. The van der Waals surface area contributed by atoms with E-state index in [0.29, 0.717) is 32.0 Å². The highest BCUT2D eigenvalue weighted by Crippen LogP contribution is 2.16. The zero-order chi connectivity index (χ0) is 15.1. The van der Waals surface area contributed by atoms with Gasteiger partial charge in [-0.25, -0.2) is 5.43 Å². The van der Waals surface area contributed by atoms with Crippen LogP contribution in [0, 0.1) is 5.92 Å². The lowest BCUT2D eigenvalue weighted by molar-refractivity contribution is -0.131. The Bertz CT molecular complexity index is 342. The number of hydrazine groups is 1. The summed E-state index contributed by atoms with van der Waals surface area (Å²) in [6, 6.07) is 0. The van der Waals surface area contributed by atoms with Gasteiger partial charge < -0.3 is 15.0 Å². The summed E-state index contributed by atoms with van der Waals surface area (Å²) in [5, 5.41) is 11.3. The fraction of sp³-hybridized carbons (Fsp3) is 0.800. The number of carbonyl (C=O) groups is 1. The van der Waals surface area contributed by atoms with Crippen molar-refractivity contribution < 1.29 is 9.90 Å². The van der Waals surface area contributed by atoms with Crippen LogP contribution in [-0.4, -0.2) is 53.7 Å². The Balaban J connectivity index is 2.61. The van der Waals surface area contributed by atoms with Crippen molar-refractivity contribution in [2.75, 3.05) is 26.7 Å². The van der Waals surface area contributed by atoms with Gasteiger partial charge in [0.15, 0.2) is 0 Å². The van der Waals surface area contributed by atoms with E-state index in [0.717, 1.165) is 12.8 Å². The molecule has 0 aromatic carbocycles. The normalized spacial score (nSPS) is 19.8. The Labute approximate surface area is 122 Å². The molecular formula is C15H29N3O2. The molecule has 5 nitrogen and oxygen atoms in total. The largest absolute Gasteiger partial charge is 0.391 e. The SMILES string of the molecule is CCC/C(=C\N(CC(=O)N1CCC(O)C1)NC)C(C)C. The third kappa shape index (κ3) is 5.13. The summed E-state index contributed by atoms with van der Waals surface area (Å²) in [5.41, 5.74) is 4.40. The van der Waals surface area contributed by atoms with Gasteiger partial charge in [0.2, 0.25) is 5.91 Å². The number of amides is 1. The van der Waals surface area contributed by atoms with Crippen LogP contribution in [0.5, 0.6) is 0 Å². The Morgan fingerprint density at radius 1 is 1.55 bits per heavy atom. The predicted octanol–water partition coefficient (Wildman–Crippen LogP) is 1.36. The molecule has 0 aromatic heterocycles. The number of hydrogen-bond donors (Lipinski definition) is 2. The molecule has 0 aliphatic carbocycles. The van der Waals surface area contributed by atoms with Gasteiger partial charge in [0.1, 0.15) is 6.54 Å². The van der Waals surface area contributed by atoms with Crippen molar-refractivity contribution in [1.29, 1.82) is 0 Å². The number of hydrogen-bond acceptors (Lipinski definition) is 4. The molecule has 0 saturated carbocycles. The maximum absolute atomic E-state index is 12.2. The van der Waals surface area contributed by atoms with Crippen molar-refractivity contribution >= 4 is 5.91 Å². The molecule has 1 fully saturated rings. The second-order valence-corrected chi connectivity index (χ2v) is 5.74. The van der Waals surface area contributed by atoms with E-state index in [9.17, 15) is 9.90 Å². The fourth-order valence-electron chi connectivity index (χ4n) is 2.39. The third-order valence-electron chi connectivity index (χ3n) is 3.71. The minimum Gasteiger partial charge on any atom is -0.391 e. The van der Waals surface area contributed by atoms with Crippen molar-refractivity contribution in [3.05, 3.63) is 11.8 Å². The Morgan fingerprint density at radius 2 is 2.25 bits per heavy atom. The first-order valence-electron chi connectivity index (χ1n) is 7.58. The summed E-state index contributed by atoms with van der Waals surface area (Å²) in [6.45, 7) is 7.95. The number of nitrogens with zero attached hydrogens (tertiary/aromatic N) is 2. The van der Waals surface area contributed by atoms with Crippen molar-refractivity contribution in [1.82, 2.24) is 15.3 Å². The number of aliphatic hydroxyl groups excluding tert-OH is 1. The molecule has 1 unspecified atom stereocenters. The molecule has 1 rings (SSSR count). The van der Waals surface area contributed by atoms with Crippen molar-refractivity contribution in [3.8, 4) is 0 Å². The lowest BCUT2D eigenvalue weighted by atomic mass is 10.00. The van der Waals surface area contributed by atoms with Crippen LogP contribution in [0.1, 0.15) is 40.0 Å². The number of rotatable bonds is 7. The minimum atomic E-state index is -0.358. The second kappa shape index (κ2) is 8.27. The molecule has 0 spiro atoms. The van der Waals surface area contributed by atoms with Gasteiger partial charge in [0, 0.05) is 26.3 Å². The van der Waals surface area contributed by atoms with Gasteiger partial charge in [-0.2, -0.15) is 0 Å². The zero-order valence-electron chi connectivity index (χ0n) is 13.2. The van der Waals surface area contributed by atoms with Crippen LogP contribution >= 0.6 is 0 Å². The molecule has 1 aliphatic heterocycles. The first-order valence-corrected chi connectivity index (χ1v) is 7.58. The van der Waals surface area contributed by atoms with Crippen molar-refractivity contribution in [2.45, 2.75) is 46.1 Å². The van der Waals surface area contributed by atoms with E-state index in [2.05, 4.69) is 32.4 Å². The van der Waals surface area contributed by atoms with E-state index >= 15 is 0 Å². The number of allylic oxidation sites excluding steroid dienone is 1. The maximum atomic E-state index is 12.2. The molecule has 2 N–H and O–H groups in total. The summed E-state index contributed by atoms with van der Waals surface area (Å²) >= 11 is 0. The smallest absolute Gasteiger partial charge is 0.243 e. The van der Waals surface area contributed by atoms with Crippen LogP contribution in [0.15, 0.2) is 11.8 Å². The van der Waals surface area contributed by atoms with Crippen LogP contribution in [-0.2, 0) is 4.79 Å². The van der Waals surface area contributed by atoms with Crippen LogP contribution < -0.4 is 5.43 Å². The Hall–Kier alpha value is -1.07. The summed E-state index contributed by atoms with van der Waals surface area (Å²) < 4.78 is 0. The van der Waals surface area contributed by atoms with Gasteiger partial charge in [0.25, 0.3) is 0 Å². The number of nitrogens with one attached hydrogen (secondary N) is 1. The standard InChI is InChI=1S/C15H29N3O2/c1-5-6-13(12(2)3)9-18(16-4)11-15(20)17-8-7-14(19)10-17/h9,12,14,16,19H,5-8,10-11H2,1-4H3/b13-9+. The average Bonchev–Trinajstić information content (AvgIpc) is 2.83. The Kier molecular flexibility index (Phi) is 7.02. The van der Waals surface area contributed by atoms with Gasteiger partial charge in [-0.1, -0.05) is 32.8 Å². The first kappa shape index (κ1) is 17.0. The molecule has 1 heterocycles. The molecule has 1 aliphatic rings. The molecule has 0 radical (unpaired) electrons. The molecule has 1 amide bonds. The van der Waals surface area contributed by atoms with Gasteiger partial charge in [-0.15, -0.1) is 0 Å². The molecule has 5 heteroatoms. The van der Waals surface area contributed by atoms with Gasteiger partial charge in [0.05, 0.1) is 6.10 Å². The summed E-state index contributed by atoms with van der Waals surface area (Å²) in [7, 11) is 1.83. The third-order valence-corrected chi connectivity index (χ3v) is 3.71. The maximum Gasteiger partial charge on any atom is 0.243 e. The zero-order valence-corrected chi connectivity index (χ0v) is 13.2. The minimum absolute atomic E-state index is 0.0618. The molecule has 1 atom stereocenters. The number of aliphatic hydroxyl groups is 1. The lowest BCUT2D eigenvalue weighted by Gasteiger charge is -2.24. The highest BCUT2D eigenvalue weighted by Gasteiger charge is 2.25. The van der Waals surface area contributed by atoms with E-state index in [4.69, 9.17) is 0 Å². The van der Waals surface area contributed by atoms with E-state index in [1.807, 2.05) is 12.1 Å². The number of β-amino-alcohol motifs (C(OH)–C–C–N with tert-alkyl or cyclic N) is 1. The van der Waals surface area contributed by atoms with Gasteiger partial charge >= 0.3 is 0 Å². The van der Waals surface area contributed by atoms with Crippen LogP contribution in [0.2, 0.25) is 0 Å².